The van der Waals surface area contributed by atoms with Gasteiger partial charge in [0.05, 0.1) is 5.52 Å². The van der Waals surface area contributed by atoms with Crippen LogP contribution in [0.25, 0.3) is 10.9 Å². The molecule has 0 saturated carbocycles. The van der Waals surface area contributed by atoms with Crippen molar-refractivity contribution in [2.45, 2.75) is 6.42 Å². The Morgan fingerprint density at radius 1 is 1.00 bits per heavy atom. The molecule has 0 bridgehead atoms. The highest BCUT2D eigenvalue weighted by Crippen LogP contribution is 2.23. The van der Waals surface area contributed by atoms with Gasteiger partial charge in [0.2, 0.25) is 0 Å². The zero-order chi connectivity index (χ0) is 12.4. The SMILES string of the molecule is O=C(Cc1snc2ccccc12)c1ccccc1. The van der Waals surface area contributed by atoms with Gasteiger partial charge >= 0.3 is 0 Å². The van der Waals surface area contributed by atoms with E-state index >= 15 is 0 Å². The molecule has 0 atom stereocenters. The van der Waals surface area contributed by atoms with Gasteiger partial charge in [0, 0.05) is 22.2 Å². The number of carbonyl (C=O) groups is 1. The molecule has 0 amide bonds. The van der Waals surface area contributed by atoms with E-state index in [1.165, 1.54) is 11.5 Å². The molecule has 88 valence electrons. The summed E-state index contributed by atoms with van der Waals surface area (Å²) >= 11 is 1.41. The van der Waals surface area contributed by atoms with Crippen LogP contribution >= 0.6 is 11.5 Å². The number of ketones is 1. The smallest absolute Gasteiger partial charge is 0.168 e. The lowest BCUT2D eigenvalue weighted by Crippen LogP contribution is -2.01. The number of Topliss-reactive ketones (excluding diaryl/α,β-unsaturated/α-hetero) is 1. The quantitative estimate of drug-likeness (QED) is 0.666. The number of carbonyl (C=O) groups excluding carboxylic acids is 1. The number of fused-ring (bicyclic) bond motifs is 1. The Morgan fingerprint density at radius 2 is 1.72 bits per heavy atom. The van der Waals surface area contributed by atoms with Gasteiger partial charge in [-0.3, -0.25) is 4.79 Å². The molecule has 2 nitrogen and oxygen atoms in total. The first-order valence-electron chi connectivity index (χ1n) is 5.76. The topological polar surface area (TPSA) is 30.0 Å². The van der Waals surface area contributed by atoms with Gasteiger partial charge < -0.3 is 0 Å². The Bertz CT molecular complexity index is 688. The molecule has 0 unspecified atom stereocenters. The summed E-state index contributed by atoms with van der Waals surface area (Å²) in [5.41, 5.74) is 1.73. The summed E-state index contributed by atoms with van der Waals surface area (Å²) in [6.07, 6.45) is 0.426. The van der Waals surface area contributed by atoms with Crippen LogP contribution in [0.4, 0.5) is 0 Å². The molecule has 3 rings (SSSR count). The maximum atomic E-state index is 12.1. The van der Waals surface area contributed by atoms with Gasteiger partial charge in [0.25, 0.3) is 0 Å². The molecule has 0 radical (unpaired) electrons. The molecule has 1 heterocycles. The molecule has 0 fully saturated rings. The number of rotatable bonds is 3. The van der Waals surface area contributed by atoms with Gasteiger partial charge in [-0.2, -0.15) is 4.37 Å². The van der Waals surface area contributed by atoms with E-state index in [1.807, 2.05) is 54.6 Å². The minimum atomic E-state index is 0.144. The van der Waals surface area contributed by atoms with Crippen molar-refractivity contribution >= 4 is 28.2 Å². The fourth-order valence-electron chi connectivity index (χ4n) is 1.94. The fourth-order valence-corrected chi connectivity index (χ4v) is 2.78. The number of aromatic nitrogens is 1. The van der Waals surface area contributed by atoms with E-state index in [0.29, 0.717) is 6.42 Å². The zero-order valence-corrected chi connectivity index (χ0v) is 10.5. The van der Waals surface area contributed by atoms with Crippen molar-refractivity contribution in [2.75, 3.05) is 0 Å². The second kappa shape index (κ2) is 4.70. The molecule has 0 aliphatic rings. The number of hydrogen-bond donors (Lipinski definition) is 0. The van der Waals surface area contributed by atoms with Crippen LogP contribution in [0.2, 0.25) is 0 Å². The summed E-state index contributed by atoms with van der Waals surface area (Å²) in [6, 6.07) is 17.3. The maximum Gasteiger partial charge on any atom is 0.168 e. The van der Waals surface area contributed by atoms with Gasteiger partial charge in [-0.1, -0.05) is 48.5 Å². The molecule has 0 saturated heterocycles. The van der Waals surface area contributed by atoms with E-state index in [1.54, 1.807) is 0 Å². The van der Waals surface area contributed by atoms with Crippen molar-refractivity contribution in [3.63, 3.8) is 0 Å². The van der Waals surface area contributed by atoms with Crippen molar-refractivity contribution in [1.82, 2.24) is 4.37 Å². The predicted molar refractivity (Wildman–Crippen MR) is 74.1 cm³/mol. The Labute approximate surface area is 109 Å². The molecule has 3 aromatic rings. The normalized spacial score (nSPS) is 10.7. The molecule has 0 aliphatic carbocycles. The zero-order valence-electron chi connectivity index (χ0n) is 9.67. The lowest BCUT2D eigenvalue weighted by Gasteiger charge is -1.99. The third-order valence-electron chi connectivity index (χ3n) is 2.88. The Hall–Kier alpha value is -2.00. The molecule has 0 N–H and O–H groups in total. The highest BCUT2D eigenvalue weighted by atomic mass is 32.1. The highest BCUT2D eigenvalue weighted by molar-refractivity contribution is 7.07. The highest BCUT2D eigenvalue weighted by Gasteiger charge is 2.11. The Kier molecular flexibility index (Phi) is 2.90. The maximum absolute atomic E-state index is 12.1. The molecule has 18 heavy (non-hydrogen) atoms. The van der Waals surface area contributed by atoms with Crippen LogP contribution in [0, 0.1) is 0 Å². The van der Waals surface area contributed by atoms with Crippen LogP contribution in [0.5, 0.6) is 0 Å². The van der Waals surface area contributed by atoms with Crippen molar-refractivity contribution in [3.8, 4) is 0 Å². The molecule has 0 spiro atoms. The lowest BCUT2D eigenvalue weighted by atomic mass is 10.1. The van der Waals surface area contributed by atoms with Crippen LogP contribution in [-0.4, -0.2) is 10.2 Å². The second-order valence-electron chi connectivity index (χ2n) is 4.09. The van der Waals surface area contributed by atoms with Gasteiger partial charge in [0.1, 0.15) is 0 Å². The van der Waals surface area contributed by atoms with E-state index in [0.717, 1.165) is 21.3 Å². The Balaban J connectivity index is 1.91. The Morgan fingerprint density at radius 3 is 2.56 bits per heavy atom. The first-order chi connectivity index (χ1) is 8.84. The van der Waals surface area contributed by atoms with Crippen molar-refractivity contribution in [3.05, 3.63) is 65.0 Å². The first-order valence-corrected chi connectivity index (χ1v) is 6.53. The van der Waals surface area contributed by atoms with Gasteiger partial charge in [-0.05, 0) is 17.6 Å². The van der Waals surface area contributed by atoms with Crippen molar-refractivity contribution in [1.29, 1.82) is 0 Å². The summed E-state index contributed by atoms with van der Waals surface area (Å²) in [5.74, 6) is 0.144. The van der Waals surface area contributed by atoms with E-state index in [4.69, 9.17) is 0 Å². The molecule has 1 aromatic heterocycles. The fraction of sp³-hybridized carbons (Fsp3) is 0.0667. The van der Waals surface area contributed by atoms with Crippen LogP contribution < -0.4 is 0 Å². The van der Waals surface area contributed by atoms with Gasteiger partial charge in [-0.25, -0.2) is 0 Å². The number of nitrogens with zero attached hydrogens (tertiary/aromatic N) is 1. The van der Waals surface area contributed by atoms with Crippen LogP contribution in [0.3, 0.4) is 0 Å². The van der Waals surface area contributed by atoms with Gasteiger partial charge in [0.15, 0.2) is 5.78 Å². The van der Waals surface area contributed by atoms with Crippen LogP contribution in [0.15, 0.2) is 54.6 Å². The summed E-state index contributed by atoms with van der Waals surface area (Å²) in [5, 5.41) is 1.09. The van der Waals surface area contributed by atoms with E-state index in [9.17, 15) is 4.79 Å². The second-order valence-corrected chi connectivity index (χ2v) is 4.95. The minimum Gasteiger partial charge on any atom is -0.294 e. The number of benzene rings is 2. The van der Waals surface area contributed by atoms with Crippen LogP contribution in [0.1, 0.15) is 15.2 Å². The standard InChI is InChI=1S/C15H11NOS/c17-14(11-6-2-1-3-7-11)10-15-12-8-4-5-9-13(12)16-18-15/h1-9H,10H2. The summed E-state index contributed by atoms with van der Waals surface area (Å²) in [4.78, 5) is 13.2. The van der Waals surface area contributed by atoms with Crippen LogP contribution in [-0.2, 0) is 6.42 Å². The van der Waals surface area contributed by atoms with Crippen molar-refractivity contribution in [2.24, 2.45) is 0 Å². The number of hydrogen-bond acceptors (Lipinski definition) is 3. The summed E-state index contributed by atoms with van der Waals surface area (Å²) in [6.45, 7) is 0. The minimum absolute atomic E-state index is 0.144. The lowest BCUT2D eigenvalue weighted by molar-refractivity contribution is 0.0994. The first kappa shape index (κ1) is 11.1. The summed E-state index contributed by atoms with van der Waals surface area (Å²) in [7, 11) is 0. The third kappa shape index (κ3) is 2.05. The molecular weight excluding hydrogens is 242 g/mol. The molecular formula is C15H11NOS. The van der Waals surface area contributed by atoms with E-state index in [2.05, 4.69) is 4.37 Å². The third-order valence-corrected chi connectivity index (χ3v) is 3.75. The summed E-state index contributed by atoms with van der Waals surface area (Å²) < 4.78 is 4.35. The largest absolute Gasteiger partial charge is 0.294 e. The van der Waals surface area contributed by atoms with Crippen molar-refractivity contribution < 1.29 is 4.79 Å². The molecule has 2 aromatic carbocycles. The van der Waals surface area contributed by atoms with E-state index in [-0.39, 0.29) is 5.78 Å². The predicted octanol–water partition coefficient (Wildman–Crippen LogP) is 3.72. The molecule has 3 heteroatoms. The van der Waals surface area contributed by atoms with Gasteiger partial charge in [-0.15, -0.1) is 0 Å². The average molecular weight is 253 g/mol. The average Bonchev–Trinajstić information content (AvgIpc) is 2.83. The molecule has 0 aliphatic heterocycles. The van der Waals surface area contributed by atoms with E-state index < -0.39 is 0 Å². The monoisotopic (exact) mass is 253 g/mol.